The molecule has 0 aliphatic rings. The molecule has 2 N–H and O–H groups in total. The van der Waals surface area contributed by atoms with Crippen LogP contribution in [0.2, 0.25) is 0 Å². The van der Waals surface area contributed by atoms with Gasteiger partial charge < -0.3 is 5.73 Å². The second-order valence-electron chi connectivity index (χ2n) is 3.42. The van der Waals surface area contributed by atoms with E-state index in [4.69, 9.17) is 11.0 Å². The molecule has 1 atom stereocenters. The summed E-state index contributed by atoms with van der Waals surface area (Å²) < 4.78 is 0. The molecule has 0 radical (unpaired) electrons. The van der Waals surface area contributed by atoms with E-state index in [1.807, 2.05) is 30.3 Å². The second kappa shape index (κ2) is 4.07. The lowest BCUT2D eigenvalue weighted by molar-refractivity contribution is 0.750. The van der Waals surface area contributed by atoms with Crippen molar-refractivity contribution in [2.75, 3.05) is 0 Å². The Bertz CT molecular complexity index is 514. The highest BCUT2D eigenvalue weighted by Gasteiger charge is 2.05. The molecule has 2 aromatic rings. The minimum Gasteiger partial charge on any atom is -0.323 e. The molecule has 1 aromatic heterocycles. The molecule has 0 aliphatic heterocycles. The number of hydrogen-bond acceptors (Lipinski definition) is 3. The van der Waals surface area contributed by atoms with Crippen molar-refractivity contribution in [3.05, 3.63) is 42.1 Å². The van der Waals surface area contributed by atoms with Crippen molar-refractivity contribution < 1.29 is 0 Å². The fourth-order valence-electron chi connectivity index (χ4n) is 1.54. The number of nitriles is 1. The van der Waals surface area contributed by atoms with E-state index < -0.39 is 0 Å². The lowest BCUT2D eigenvalue weighted by atomic mass is 10.0. The smallest absolute Gasteiger partial charge is 0.0702 e. The third kappa shape index (κ3) is 1.95. The molecule has 0 aliphatic carbocycles. The van der Waals surface area contributed by atoms with E-state index in [1.54, 1.807) is 6.20 Å². The summed E-state index contributed by atoms with van der Waals surface area (Å²) in [5.74, 6) is 0. The Kier molecular flexibility index (Phi) is 2.61. The molecule has 0 spiro atoms. The number of hydrogen-bond donors (Lipinski definition) is 1. The topological polar surface area (TPSA) is 62.7 Å². The Morgan fingerprint density at radius 3 is 3.07 bits per heavy atom. The summed E-state index contributed by atoms with van der Waals surface area (Å²) in [5, 5.41) is 9.63. The maximum absolute atomic E-state index is 8.57. The van der Waals surface area contributed by atoms with Crippen LogP contribution >= 0.6 is 0 Å². The number of nitrogens with zero attached hydrogens (tertiary/aromatic N) is 2. The van der Waals surface area contributed by atoms with Crippen LogP contribution in [-0.2, 0) is 0 Å². The monoisotopic (exact) mass is 197 g/mol. The van der Waals surface area contributed by atoms with Gasteiger partial charge in [0.15, 0.2) is 0 Å². The first-order chi connectivity index (χ1) is 7.31. The fraction of sp³-hybridized carbons (Fsp3) is 0.167. The summed E-state index contributed by atoms with van der Waals surface area (Å²) in [4.78, 5) is 4.22. The third-order valence-corrected chi connectivity index (χ3v) is 2.37. The molecule has 1 aromatic carbocycles. The highest BCUT2D eigenvalue weighted by molar-refractivity contribution is 5.79. The summed E-state index contributed by atoms with van der Waals surface area (Å²) in [6, 6.07) is 11.6. The van der Waals surface area contributed by atoms with E-state index >= 15 is 0 Å². The average Bonchev–Trinajstić information content (AvgIpc) is 2.29. The van der Waals surface area contributed by atoms with Gasteiger partial charge in [-0.15, -0.1) is 0 Å². The first kappa shape index (κ1) is 9.63. The number of rotatable bonds is 2. The van der Waals surface area contributed by atoms with Crippen molar-refractivity contribution in [3.8, 4) is 6.07 Å². The predicted molar refractivity (Wildman–Crippen MR) is 58.9 cm³/mol. The van der Waals surface area contributed by atoms with Crippen molar-refractivity contribution >= 4 is 10.9 Å². The second-order valence-corrected chi connectivity index (χ2v) is 3.42. The van der Waals surface area contributed by atoms with E-state index in [1.165, 1.54) is 0 Å². The van der Waals surface area contributed by atoms with Crippen LogP contribution < -0.4 is 5.73 Å². The zero-order valence-corrected chi connectivity index (χ0v) is 8.22. The first-order valence-corrected chi connectivity index (χ1v) is 4.78. The molecule has 3 nitrogen and oxygen atoms in total. The highest BCUT2D eigenvalue weighted by Crippen LogP contribution is 2.19. The summed E-state index contributed by atoms with van der Waals surface area (Å²) in [6.45, 7) is 0. The van der Waals surface area contributed by atoms with Crippen LogP contribution in [0, 0.1) is 11.3 Å². The normalized spacial score (nSPS) is 12.3. The van der Waals surface area contributed by atoms with E-state index in [0.717, 1.165) is 16.5 Å². The predicted octanol–water partition coefficient (Wildman–Crippen LogP) is 2.15. The van der Waals surface area contributed by atoms with E-state index in [9.17, 15) is 0 Å². The van der Waals surface area contributed by atoms with Crippen molar-refractivity contribution in [3.63, 3.8) is 0 Å². The van der Waals surface area contributed by atoms with Crippen molar-refractivity contribution in [1.82, 2.24) is 4.98 Å². The quantitative estimate of drug-likeness (QED) is 0.802. The molecule has 1 unspecified atom stereocenters. The van der Waals surface area contributed by atoms with Crippen molar-refractivity contribution in [2.24, 2.45) is 5.73 Å². The van der Waals surface area contributed by atoms with Gasteiger partial charge in [-0.3, -0.25) is 4.98 Å². The Balaban J connectivity index is 2.43. The average molecular weight is 197 g/mol. The molecule has 0 amide bonds. The lowest BCUT2D eigenvalue weighted by Crippen LogP contribution is -2.08. The van der Waals surface area contributed by atoms with E-state index in [0.29, 0.717) is 6.42 Å². The summed E-state index contributed by atoms with van der Waals surface area (Å²) >= 11 is 0. The van der Waals surface area contributed by atoms with E-state index in [2.05, 4.69) is 11.1 Å². The molecule has 74 valence electrons. The Morgan fingerprint density at radius 2 is 2.27 bits per heavy atom. The van der Waals surface area contributed by atoms with Gasteiger partial charge in [0, 0.05) is 17.6 Å². The molecular weight excluding hydrogens is 186 g/mol. The number of benzene rings is 1. The number of nitrogens with two attached hydrogens (primary N) is 1. The molecule has 1 heterocycles. The summed E-state index contributed by atoms with van der Waals surface area (Å²) in [7, 11) is 0. The molecule has 0 fully saturated rings. The minimum absolute atomic E-state index is 0.209. The van der Waals surface area contributed by atoms with Gasteiger partial charge in [0.2, 0.25) is 0 Å². The van der Waals surface area contributed by atoms with Crippen LogP contribution in [0.3, 0.4) is 0 Å². The highest BCUT2D eigenvalue weighted by atomic mass is 14.7. The van der Waals surface area contributed by atoms with Crippen LogP contribution in [-0.4, -0.2) is 4.98 Å². The van der Waals surface area contributed by atoms with Crippen molar-refractivity contribution in [1.29, 1.82) is 5.26 Å². The molecule has 3 heteroatoms. The van der Waals surface area contributed by atoms with Gasteiger partial charge in [-0.1, -0.05) is 12.1 Å². The maximum atomic E-state index is 8.57. The van der Waals surface area contributed by atoms with Crippen LogP contribution in [0.25, 0.3) is 10.9 Å². The summed E-state index contributed by atoms with van der Waals surface area (Å²) in [5.41, 5.74) is 7.79. The van der Waals surface area contributed by atoms with Crippen LogP contribution in [0.5, 0.6) is 0 Å². The number of fused-ring (bicyclic) bond motifs is 1. The maximum Gasteiger partial charge on any atom is 0.0702 e. The third-order valence-electron chi connectivity index (χ3n) is 2.37. The number of aromatic nitrogens is 1. The Morgan fingerprint density at radius 1 is 1.40 bits per heavy atom. The van der Waals surface area contributed by atoms with Crippen LogP contribution in [0.4, 0.5) is 0 Å². The zero-order valence-electron chi connectivity index (χ0n) is 8.22. The SMILES string of the molecule is N#CCC(N)c1ccc2ncccc2c1. The van der Waals surface area contributed by atoms with Gasteiger partial charge in [-0.25, -0.2) is 0 Å². The molecule has 0 saturated carbocycles. The van der Waals surface area contributed by atoms with E-state index in [-0.39, 0.29) is 6.04 Å². The molecular formula is C12H11N3. The zero-order chi connectivity index (χ0) is 10.7. The van der Waals surface area contributed by atoms with Gasteiger partial charge in [0.05, 0.1) is 18.0 Å². The Labute approximate surface area is 88.2 Å². The molecule has 15 heavy (non-hydrogen) atoms. The van der Waals surface area contributed by atoms with Gasteiger partial charge in [-0.05, 0) is 23.8 Å². The number of pyridine rings is 1. The molecule has 2 rings (SSSR count). The van der Waals surface area contributed by atoms with Gasteiger partial charge >= 0.3 is 0 Å². The van der Waals surface area contributed by atoms with Crippen LogP contribution in [0.1, 0.15) is 18.0 Å². The van der Waals surface area contributed by atoms with Crippen molar-refractivity contribution in [2.45, 2.75) is 12.5 Å². The lowest BCUT2D eigenvalue weighted by Gasteiger charge is -2.08. The minimum atomic E-state index is -0.209. The standard InChI is InChI=1S/C12H11N3/c13-6-5-11(14)9-3-4-12-10(8-9)2-1-7-15-12/h1-4,7-8,11H,5,14H2. The largest absolute Gasteiger partial charge is 0.323 e. The van der Waals surface area contributed by atoms with Gasteiger partial charge in [-0.2, -0.15) is 5.26 Å². The van der Waals surface area contributed by atoms with Gasteiger partial charge in [0.1, 0.15) is 0 Å². The molecule has 0 saturated heterocycles. The first-order valence-electron chi connectivity index (χ1n) is 4.78. The Hall–Kier alpha value is -1.92. The molecule has 0 bridgehead atoms. The van der Waals surface area contributed by atoms with Gasteiger partial charge in [0.25, 0.3) is 0 Å². The fourth-order valence-corrected chi connectivity index (χ4v) is 1.54. The van der Waals surface area contributed by atoms with Crippen LogP contribution in [0.15, 0.2) is 36.5 Å². The summed E-state index contributed by atoms with van der Waals surface area (Å²) in [6.07, 6.45) is 2.10.